The average Bonchev–Trinajstić information content (AvgIpc) is 2.57. The summed E-state index contributed by atoms with van der Waals surface area (Å²) in [6, 6.07) is 7.54. The predicted octanol–water partition coefficient (Wildman–Crippen LogP) is 5.09. The Morgan fingerprint density at radius 3 is 2.54 bits per heavy atom. The molecule has 0 aliphatic carbocycles. The number of alkyl halides is 3. The number of hydrogen-bond donors (Lipinski definition) is 1. The minimum Gasteiger partial charge on any atom is -0.299 e. The Labute approximate surface area is 159 Å². The van der Waals surface area contributed by atoms with Crippen LogP contribution in [0.3, 0.4) is 0 Å². The molecule has 0 fully saturated rings. The van der Waals surface area contributed by atoms with Crippen molar-refractivity contribution in [1.29, 1.82) is 0 Å². The van der Waals surface area contributed by atoms with E-state index in [0.717, 1.165) is 10.5 Å². The molecule has 0 bridgehead atoms. The first kappa shape index (κ1) is 18.5. The number of H-pyrrole nitrogens is 1. The molecule has 26 heavy (non-hydrogen) atoms. The van der Waals surface area contributed by atoms with E-state index < -0.39 is 22.7 Å². The third-order valence-electron chi connectivity index (χ3n) is 3.71. The number of fused-ring (bicyclic) bond motifs is 1. The maximum absolute atomic E-state index is 13.6. The van der Waals surface area contributed by atoms with Crippen LogP contribution in [0.25, 0.3) is 22.3 Å². The van der Waals surface area contributed by atoms with Crippen molar-refractivity contribution in [3.8, 4) is 11.3 Å². The summed E-state index contributed by atoms with van der Waals surface area (Å²) in [4.78, 5) is 18.8. The molecule has 1 N–H and O–H groups in total. The minimum absolute atomic E-state index is 0.0176. The number of aromatic nitrogens is 3. The van der Waals surface area contributed by atoms with Gasteiger partial charge in [0.2, 0.25) is 0 Å². The first-order chi connectivity index (χ1) is 12.2. The van der Waals surface area contributed by atoms with Crippen molar-refractivity contribution in [3.63, 3.8) is 0 Å². The second-order valence-electron chi connectivity index (χ2n) is 5.42. The van der Waals surface area contributed by atoms with Crippen LogP contribution in [0.15, 0.2) is 52.3 Å². The van der Waals surface area contributed by atoms with Crippen LogP contribution < -0.4 is 5.56 Å². The van der Waals surface area contributed by atoms with Gasteiger partial charge in [-0.2, -0.15) is 13.2 Å². The van der Waals surface area contributed by atoms with Gasteiger partial charge in [0.25, 0.3) is 5.56 Å². The van der Waals surface area contributed by atoms with Gasteiger partial charge in [0, 0.05) is 16.6 Å². The van der Waals surface area contributed by atoms with Crippen LogP contribution in [0.5, 0.6) is 0 Å². The number of aromatic amines is 1. The zero-order chi connectivity index (χ0) is 19.1. The molecule has 0 saturated heterocycles. The Kier molecular flexibility index (Phi) is 4.85. The largest absolute Gasteiger partial charge is 0.417 e. The van der Waals surface area contributed by atoms with Crippen LogP contribution in [0, 0.1) is 4.77 Å². The third kappa shape index (κ3) is 3.36. The number of benzene rings is 1. The number of nitrogens with one attached hydrogen (secondary N) is 1. The van der Waals surface area contributed by atoms with Gasteiger partial charge in [-0.25, -0.2) is 4.98 Å². The fourth-order valence-corrected chi connectivity index (χ4v) is 3.08. The molecule has 3 rings (SSSR count). The summed E-state index contributed by atoms with van der Waals surface area (Å²) in [6.45, 7) is 3.68. The molecule has 3 aromatic rings. The number of nitrogens with zero attached hydrogens (tertiary/aromatic N) is 2. The van der Waals surface area contributed by atoms with Crippen molar-refractivity contribution in [1.82, 2.24) is 14.5 Å². The smallest absolute Gasteiger partial charge is 0.299 e. The minimum atomic E-state index is -4.73. The van der Waals surface area contributed by atoms with E-state index >= 15 is 0 Å². The van der Waals surface area contributed by atoms with Gasteiger partial charge >= 0.3 is 6.18 Å². The molecular formula is C17H11BrF3N3OS. The zero-order valence-corrected chi connectivity index (χ0v) is 15.5. The summed E-state index contributed by atoms with van der Waals surface area (Å²) in [6.07, 6.45) is -3.26. The number of halogens is 4. The molecule has 0 amide bonds. The van der Waals surface area contributed by atoms with Gasteiger partial charge in [0.15, 0.2) is 4.77 Å². The standard InChI is InChI=1S/C17H11BrF3N3OS/c1-2-7-24-14-13(15(25)23-16(24)26)11(17(19,20)21)8-12(22-14)9-3-5-10(18)6-4-9/h2-6,8H,1,7H2,(H,23,25,26). The van der Waals surface area contributed by atoms with Gasteiger partial charge in [-0.1, -0.05) is 34.1 Å². The van der Waals surface area contributed by atoms with E-state index in [2.05, 4.69) is 32.5 Å². The lowest BCUT2D eigenvalue weighted by molar-refractivity contribution is -0.136. The Balaban J connectivity index is 2.48. The van der Waals surface area contributed by atoms with Crippen LogP contribution in [0.4, 0.5) is 13.2 Å². The van der Waals surface area contributed by atoms with Crippen molar-refractivity contribution in [2.24, 2.45) is 0 Å². The lowest BCUT2D eigenvalue weighted by Gasteiger charge is -2.15. The molecule has 0 unspecified atom stereocenters. The maximum Gasteiger partial charge on any atom is 0.417 e. The van der Waals surface area contributed by atoms with E-state index in [1.54, 1.807) is 24.3 Å². The highest BCUT2D eigenvalue weighted by molar-refractivity contribution is 9.10. The lowest BCUT2D eigenvalue weighted by atomic mass is 10.1. The van der Waals surface area contributed by atoms with E-state index in [9.17, 15) is 18.0 Å². The topological polar surface area (TPSA) is 50.7 Å². The second kappa shape index (κ2) is 6.81. The van der Waals surface area contributed by atoms with E-state index in [-0.39, 0.29) is 22.7 Å². The van der Waals surface area contributed by atoms with Crippen molar-refractivity contribution >= 4 is 39.2 Å². The lowest BCUT2D eigenvalue weighted by Crippen LogP contribution is -2.20. The first-order valence-corrected chi connectivity index (χ1v) is 8.54. The highest BCUT2D eigenvalue weighted by atomic mass is 79.9. The Morgan fingerprint density at radius 2 is 1.96 bits per heavy atom. The Hall–Kier alpha value is -2.26. The molecule has 9 heteroatoms. The molecule has 0 atom stereocenters. The Morgan fingerprint density at radius 1 is 1.31 bits per heavy atom. The number of pyridine rings is 1. The summed E-state index contributed by atoms with van der Waals surface area (Å²) in [5.41, 5.74) is -1.54. The molecule has 2 aromatic heterocycles. The molecular weight excluding hydrogens is 431 g/mol. The van der Waals surface area contributed by atoms with Crippen LogP contribution in [-0.4, -0.2) is 14.5 Å². The fraction of sp³-hybridized carbons (Fsp3) is 0.118. The van der Waals surface area contributed by atoms with E-state index in [0.29, 0.717) is 5.56 Å². The molecule has 4 nitrogen and oxygen atoms in total. The van der Waals surface area contributed by atoms with Gasteiger partial charge in [-0.15, -0.1) is 6.58 Å². The highest BCUT2D eigenvalue weighted by Crippen LogP contribution is 2.35. The van der Waals surface area contributed by atoms with Crippen LogP contribution >= 0.6 is 28.1 Å². The van der Waals surface area contributed by atoms with Crippen LogP contribution in [0.1, 0.15) is 5.56 Å². The van der Waals surface area contributed by atoms with E-state index in [1.807, 2.05) is 0 Å². The third-order valence-corrected chi connectivity index (χ3v) is 4.56. The second-order valence-corrected chi connectivity index (χ2v) is 6.72. The predicted molar refractivity (Wildman–Crippen MR) is 99.5 cm³/mol. The zero-order valence-electron chi connectivity index (χ0n) is 13.1. The maximum atomic E-state index is 13.6. The first-order valence-electron chi connectivity index (χ1n) is 7.34. The SMILES string of the molecule is C=CCn1c(=S)[nH]c(=O)c2c(C(F)(F)F)cc(-c3ccc(Br)cc3)nc21. The molecule has 0 saturated carbocycles. The Bertz CT molecular complexity index is 1120. The molecule has 134 valence electrons. The summed E-state index contributed by atoms with van der Waals surface area (Å²) in [7, 11) is 0. The number of hydrogen-bond acceptors (Lipinski definition) is 3. The van der Waals surface area contributed by atoms with Gasteiger partial charge < -0.3 is 0 Å². The molecule has 2 heterocycles. The normalized spacial score (nSPS) is 11.7. The quantitative estimate of drug-likeness (QED) is 0.454. The molecule has 0 radical (unpaired) electrons. The van der Waals surface area contributed by atoms with Gasteiger partial charge in [0.05, 0.1) is 16.6 Å². The molecule has 0 spiro atoms. The van der Waals surface area contributed by atoms with Gasteiger partial charge in [-0.3, -0.25) is 14.3 Å². The highest BCUT2D eigenvalue weighted by Gasteiger charge is 2.35. The van der Waals surface area contributed by atoms with Crippen LogP contribution in [0.2, 0.25) is 0 Å². The van der Waals surface area contributed by atoms with Crippen LogP contribution in [-0.2, 0) is 12.7 Å². The number of rotatable bonds is 3. The fourth-order valence-electron chi connectivity index (χ4n) is 2.56. The van der Waals surface area contributed by atoms with Crippen molar-refractivity contribution in [3.05, 3.63) is 68.1 Å². The van der Waals surface area contributed by atoms with Crippen molar-refractivity contribution in [2.75, 3.05) is 0 Å². The van der Waals surface area contributed by atoms with E-state index in [1.165, 1.54) is 10.6 Å². The van der Waals surface area contributed by atoms with E-state index in [4.69, 9.17) is 12.2 Å². The average molecular weight is 442 g/mol. The summed E-state index contributed by atoms with van der Waals surface area (Å²) in [5.74, 6) is 0. The summed E-state index contributed by atoms with van der Waals surface area (Å²) in [5, 5.41) is -0.547. The molecule has 0 aliphatic heterocycles. The molecule has 1 aromatic carbocycles. The van der Waals surface area contributed by atoms with Crippen molar-refractivity contribution in [2.45, 2.75) is 12.7 Å². The van der Waals surface area contributed by atoms with Gasteiger partial charge in [0.1, 0.15) is 5.65 Å². The summed E-state index contributed by atoms with van der Waals surface area (Å²) >= 11 is 8.36. The molecule has 0 aliphatic rings. The van der Waals surface area contributed by atoms with Gasteiger partial charge in [-0.05, 0) is 30.4 Å². The number of allylic oxidation sites excluding steroid dienone is 1. The summed E-state index contributed by atoms with van der Waals surface area (Å²) < 4.78 is 43.0. The monoisotopic (exact) mass is 441 g/mol. The van der Waals surface area contributed by atoms with Crippen molar-refractivity contribution < 1.29 is 13.2 Å².